The Labute approximate surface area is 76.0 Å². The first-order chi connectivity index (χ1) is 6.22. The van der Waals surface area contributed by atoms with Crippen LogP contribution in [0.4, 0.5) is 10.1 Å². The Morgan fingerprint density at radius 1 is 1.46 bits per heavy atom. The van der Waals surface area contributed by atoms with Gasteiger partial charge in [-0.15, -0.1) is 0 Å². The van der Waals surface area contributed by atoms with Crippen molar-refractivity contribution in [3.63, 3.8) is 0 Å². The standard InChI is InChI=1S/C9H11FN2O/c1-11-6-9(13)12-8-4-2-7(10)3-5-8/h2-5,11H,6H2,1H3,(H,12,13)/p+1. The van der Waals surface area contributed by atoms with Crippen molar-refractivity contribution in [2.24, 2.45) is 0 Å². The van der Waals surface area contributed by atoms with Crippen molar-refractivity contribution in [1.82, 2.24) is 0 Å². The highest BCUT2D eigenvalue weighted by atomic mass is 19.1. The minimum absolute atomic E-state index is 0.0888. The van der Waals surface area contributed by atoms with E-state index < -0.39 is 0 Å². The molecule has 70 valence electrons. The van der Waals surface area contributed by atoms with Crippen LogP contribution in [0.3, 0.4) is 0 Å². The van der Waals surface area contributed by atoms with Crippen LogP contribution in [-0.2, 0) is 4.79 Å². The number of halogens is 1. The Kier molecular flexibility index (Phi) is 3.40. The molecule has 0 saturated heterocycles. The van der Waals surface area contributed by atoms with E-state index in [2.05, 4.69) is 5.32 Å². The van der Waals surface area contributed by atoms with Crippen LogP contribution in [0.2, 0.25) is 0 Å². The molecule has 1 amide bonds. The van der Waals surface area contributed by atoms with Crippen molar-refractivity contribution >= 4 is 11.6 Å². The number of quaternary nitrogens is 1. The Hall–Kier alpha value is -1.42. The van der Waals surface area contributed by atoms with Gasteiger partial charge in [-0.3, -0.25) is 4.79 Å². The highest BCUT2D eigenvalue weighted by Crippen LogP contribution is 2.07. The summed E-state index contributed by atoms with van der Waals surface area (Å²) in [6, 6.07) is 5.68. The quantitative estimate of drug-likeness (QED) is 0.678. The van der Waals surface area contributed by atoms with Gasteiger partial charge < -0.3 is 10.6 Å². The number of hydrogen-bond acceptors (Lipinski definition) is 1. The molecule has 1 rings (SSSR count). The third-order valence-electron chi connectivity index (χ3n) is 1.52. The highest BCUT2D eigenvalue weighted by Gasteiger charge is 2.01. The van der Waals surface area contributed by atoms with Crippen molar-refractivity contribution in [3.05, 3.63) is 30.1 Å². The van der Waals surface area contributed by atoms with Crippen LogP contribution in [0.1, 0.15) is 0 Å². The minimum Gasteiger partial charge on any atom is -0.341 e. The first-order valence-corrected chi connectivity index (χ1v) is 4.05. The Balaban J connectivity index is 2.54. The molecular weight excluding hydrogens is 171 g/mol. The van der Waals surface area contributed by atoms with E-state index in [0.29, 0.717) is 12.2 Å². The molecule has 0 radical (unpaired) electrons. The van der Waals surface area contributed by atoms with Gasteiger partial charge in [0.1, 0.15) is 5.82 Å². The number of anilines is 1. The molecule has 1 aromatic rings. The SMILES string of the molecule is C[NH2+]CC(=O)Nc1ccc(F)cc1. The summed E-state index contributed by atoms with van der Waals surface area (Å²) in [5.41, 5.74) is 0.619. The molecule has 0 aromatic heterocycles. The molecule has 0 spiro atoms. The van der Waals surface area contributed by atoms with Gasteiger partial charge in [0, 0.05) is 5.69 Å². The molecule has 0 fully saturated rings. The number of amides is 1. The van der Waals surface area contributed by atoms with Crippen molar-refractivity contribution in [1.29, 1.82) is 0 Å². The zero-order chi connectivity index (χ0) is 9.68. The zero-order valence-electron chi connectivity index (χ0n) is 7.38. The van der Waals surface area contributed by atoms with Gasteiger partial charge in [-0.1, -0.05) is 0 Å². The average molecular weight is 183 g/mol. The van der Waals surface area contributed by atoms with E-state index in [-0.39, 0.29) is 11.7 Å². The Morgan fingerprint density at radius 3 is 2.62 bits per heavy atom. The van der Waals surface area contributed by atoms with Crippen molar-refractivity contribution < 1.29 is 14.5 Å². The molecule has 0 aliphatic rings. The molecule has 0 aliphatic heterocycles. The van der Waals surface area contributed by atoms with Gasteiger partial charge in [-0.05, 0) is 24.3 Å². The largest absolute Gasteiger partial charge is 0.341 e. The van der Waals surface area contributed by atoms with Crippen LogP contribution in [0.5, 0.6) is 0 Å². The van der Waals surface area contributed by atoms with Crippen LogP contribution in [-0.4, -0.2) is 19.5 Å². The fourth-order valence-electron chi connectivity index (χ4n) is 0.931. The van der Waals surface area contributed by atoms with Crippen LogP contribution in [0.25, 0.3) is 0 Å². The third-order valence-corrected chi connectivity index (χ3v) is 1.52. The van der Waals surface area contributed by atoms with Gasteiger partial charge in [0.05, 0.1) is 7.05 Å². The second-order valence-electron chi connectivity index (χ2n) is 2.67. The van der Waals surface area contributed by atoms with E-state index in [1.165, 1.54) is 24.3 Å². The molecule has 0 bridgehead atoms. The lowest BCUT2D eigenvalue weighted by Crippen LogP contribution is -2.82. The highest BCUT2D eigenvalue weighted by molar-refractivity contribution is 5.91. The number of carbonyl (C=O) groups is 1. The molecule has 0 heterocycles. The number of rotatable bonds is 3. The van der Waals surface area contributed by atoms with Crippen LogP contribution >= 0.6 is 0 Å². The van der Waals surface area contributed by atoms with Crippen molar-refractivity contribution in [3.8, 4) is 0 Å². The van der Waals surface area contributed by atoms with E-state index in [4.69, 9.17) is 0 Å². The van der Waals surface area contributed by atoms with E-state index >= 15 is 0 Å². The molecule has 0 saturated carbocycles. The average Bonchev–Trinajstić information content (AvgIpc) is 2.09. The molecule has 13 heavy (non-hydrogen) atoms. The summed E-state index contributed by atoms with van der Waals surface area (Å²) in [5, 5.41) is 4.40. The van der Waals surface area contributed by atoms with Crippen molar-refractivity contribution in [2.75, 3.05) is 18.9 Å². The van der Waals surface area contributed by atoms with E-state index in [1.54, 1.807) is 5.32 Å². The summed E-state index contributed by atoms with van der Waals surface area (Å²) in [4.78, 5) is 11.1. The minimum atomic E-state index is -0.306. The number of likely N-dealkylation sites (N-methyl/N-ethyl adjacent to an activating group) is 1. The van der Waals surface area contributed by atoms with Gasteiger partial charge in [0.15, 0.2) is 6.54 Å². The number of benzene rings is 1. The summed E-state index contributed by atoms with van der Waals surface area (Å²) in [6.07, 6.45) is 0. The summed E-state index contributed by atoms with van der Waals surface area (Å²) in [7, 11) is 1.81. The smallest absolute Gasteiger partial charge is 0.279 e. The number of hydrogen-bond donors (Lipinski definition) is 2. The van der Waals surface area contributed by atoms with Gasteiger partial charge >= 0.3 is 0 Å². The molecular formula is C9H12FN2O+. The first-order valence-electron chi connectivity index (χ1n) is 4.05. The van der Waals surface area contributed by atoms with Gasteiger partial charge in [0.25, 0.3) is 5.91 Å². The van der Waals surface area contributed by atoms with Crippen molar-refractivity contribution in [2.45, 2.75) is 0 Å². The summed E-state index contributed by atoms with van der Waals surface area (Å²) in [5.74, 6) is -0.394. The molecule has 4 heteroatoms. The fraction of sp³-hybridized carbons (Fsp3) is 0.222. The molecule has 1 aromatic carbocycles. The maximum atomic E-state index is 12.5. The summed E-state index contributed by atoms with van der Waals surface area (Å²) in [6.45, 7) is 0.372. The zero-order valence-corrected chi connectivity index (χ0v) is 7.38. The molecule has 0 unspecified atom stereocenters. The second-order valence-corrected chi connectivity index (χ2v) is 2.67. The lowest BCUT2D eigenvalue weighted by molar-refractivity contribution is -0.615. The third kappa shape index (κ3) is 3.21. The predicted molar refractivity (Wildman–Crippen MR) is 47.7 cm³/mol. The number of nitrogens with one attached hydrogen (secondary N) is 1. The number of nitrogens with two attached hydrogens (primary N) is 1. The predicted octanol–water partition coefficient (Wildman–Crippen LogP) is -0.0426. The maximum absolute atomic E-state index is 12.5. The van der Waals surface area contributed by atoms with Crippen LogP contribution in [0, 0.1) is 5.82 Å². The van der Waals surface area contributed by atoms with Gasteiger partial charge in [-0.25, -0.2) is 4.39 Å². The monoisotopic (exact) mass is 183 g/mol. The normalized spacial score (nSPS) is 9.69. The lowest BCUT2D eigenvalue weighted by atomic mass is 10.3. The van der Waals surface area contributed by atoms with Crippen LogP contribution < -0.4 is 10.6 Å². The van der Waals surface area contributed by atoms with E-state index in [0.717, 1.165) is 0 Å². The van der Waals surface area contributed by atoms with Gasteiger partial charge in [0.2, 0.25) is 0 Å². The maximum Gasteiger partial charge on any atom is 0.279 e. The lowest BCUT2D eigenvalue weighted by Gasteiger charge is -2.02. The Morgan fingerprint density at radius 2 is 2.08 bits per heavy atom. The topological polar surface area (TPSA) is 45.7 Å². The Bertz CT molecular complexity index is 284. The van der Waals surface area contributed by atoms with Crippen LogP contribution in [0.15, 0.2) is 24.3 Å². The molecule has 0 atom stereocenters. The second kappa shape index (κ2) is 4.57. The summed E-state index contributed by atoms with van der Waals surface area (Å²) < 4.78 is 12.5. The first kappa shape index (κ1) is 9.67. The molecule has 0 aliphatic carbocycles. The van der Waals surface area contributed by atoms with Gasteiger partial charge in [-0.2, -0.15) is 0 Å². The summed E-state index contributed by atoms with van der Waals surface area (Å²) >= 11 is 0. The fourth-order valence-corrected chi connectivity index (χ4v) is 0.931. The molecule has 3 N–H and O–H groups in total. The molecule has 3 nitrogen and oxygen atoms in total. The van der Waals surface area contributed by atoms with E-state index in [1.807, 2.05) is 7.05 Å². The number of carbonyl (C=O) groups excluding carboxylic acids is 1. The van der Waals surface area contributed by atoms with E-state index in [9.17, 15) is 9.18 Å².